The van der Waals surface area contributed by atoms with Gasteiger partial charge in [-0.3, -0.25) is 9.59 Å². The molecule has 6 heteroatoms. The number of carbonyl (C=O) groups excluding carboxylic acids is 2. The number of ether oxygens (including phenoxy) is 2. The number of aromatic hydroxyl groups is 2. The molecule has 44 heavy (non-hydrogen) atoms. The van der Waals surface area contributed by atoms with Crippen LogP contribution in [0.15, 0.2) is 58.2 Å². The number of fused-ring (bicyclic) bond motifs is 1. The van der Waals surface area contributed by atoms with Crippen LogP contribution in [0.1, 0.15) is 109 Å². The van der Waals surface area contributed by atoms with Crippen LogP contribution in [0.4, 0.5) is 0 Å². The normalized spacial score (nSPS) is 27.7. The first-order valence-electron chi connectivity index (χ1n) is 15.9. The molecule has 0 radical (unpaired) electrons. The molecule has 3 aliphatic carbocycles. The Bertz CT molecular complexity index is 1570. The minimum atomic E-state index is -1.39. The van der Waals surface area contributed by atoms with Crippen molar-refractivity contribution in [2.45, 2.75) is 118 Å². The second kappa shape index (κ2) is 11.2. The molecule has 1 aromatic carbocycles. The summed E-state index contributed by atoms with van der Waals surface area (Å²) in [6, 6.07) is 0. The van der Waals surface area contributed by atoms with Crippen molar-refractivity contribution in [1.82, 2.24) is 0 Å². The molecule has 6 rings (SSSR count). The Balaban J connectivity index is 1.71. The highest BCUT2D eigenvalue weighted by molar-refractivity contribution is 6.18. The zero-order valence-corrected chi connectivity index (χ0v) is 27.8. The van der Waals surface area contributed by atoms with Gasteiger partial charge in [0.2, 0.25) is 0 Å². The minimum Gasteiger partial charge on any atom is -0.507 e. The van der Waals surface area contributed by atoms with Crippen LogP contribution in [0, 0.1) is 11.8 Å². The molecule has 0 aromatic heterocycles. The summed E-state index contributed by atoms with van der Waals surface area (Å²) < 4.78 is 13.8. The molecule has 1 spiro atoms. The predicted octanol–water partition coefficient (Wildman–Crippen LogP) is 8.20. The topological polar surface area (TPSA) is 93.1 Å². The van der Waals surface area contributed by atoms with Crippen molar-refractivity contribution in [2.24, 2.45) is 11.8 Å². The average molecular weight is 601 g/mol. The number of phenols is 2. The number of hydrogen-bond donors (Lipinski definition) is 2. The van der Waals surface area contributed by atoms with Gasteiger partial charge in [-0.25, -0.2) is 0 Å². The van der Waals surface area contributed by atoms with Crippen LogP contribution in [-0.2, 0) is 22.4 Å². The van der Waals surface area contributed by atoms with Gasteiger partial charge in [0.05, 0.1) is 5.60 Å². The second-order valence-corrected chi connectivity index (χ2v) is 14.4. The fourth-order valence-corrected chi connectivity index (χ4v) is 7.76. The van der Waals surface area contributed by atoms with Crippen molar-refractivity contribution < 1.29 is 29.3 Å². The van der Waals surface area contributed by atoms with Gasteiger partial charge in [0.1, 0.15) is 22.8 Å². The molecule has 1 saturated heterocycles. The van der Waals surface area contributed by atoms with Gasteiger partial charge < -0.3 is 19.7 Å². The van der Waals surface area contributed by atoms with Gasteiger partial charge in [-0.1, -0.05) is 52.7 Å². The van der Waals surface area contributed by atoms with E-state index in [1.165, 1.54) is 5.57 Å². The highest BCUT2D eigenvalue weighted by Crippen LogP contribution is 2.68. The molecule has 0 amide bonds. The maximum atomic E-state index is 14.7. The van der Waals surface area contributed by atoms with Gasteiger partial charge in [-0.05, 0) is 94.4 Å². The second-order valence-electron chi connectivity index (χ2n) is 14.4. The van der Waals surface area contributed by atoms with Crippen LogP contribution in [0.3, 0.4) is 0 Å². The molecule has 6 nitrogen and oxygen atoms in total. The minimum absolute atomic E-state index is 0.0667. The Labute approximate surface area is 262 Å². The van der Waals surface area contributed by atoms with Crippen molar-refractivity contribution in [3.63, 3.8) is 0 Å². The Hall–Kier alpha value is -3.38. The van der Waals surface area contributed by atoms with Crippen LogP contribution in [-0.4, -0.2) is 38.6 Å². The number of ketones is 2. The lowest BCUT2D eigenvalue weighted by atomic mass is 9.51. The van der Waals surface area contributed by atoms with E-state index in [1.54, 1.807) is 6.08 Å². The fraction of sp³-hybridized carbons (Fsp3) is 0.526. The van der Waals surface area contributed by atoms with E-state index in [9.17, 15) is 19.8 Å². The summed E-state index contributed by atoms with van der Waals surface area (Å²) in [5.74, 6) is -1.33. The van der Waals surface area contributed by atoms with Crippen LogP contribution in [0.5, 0.6) is 17.2 Å². The van der Waals surface area contributed by atoms with E-state index in [0.717, 1.165) is 29.6 Å². The van der Waals surface area contributed by atoms with E-state index in [0.29, 0.717) is 29.5 Å². The molecule has 2 fully saturated rings. The summed E-state index contributed by atoms with van der Waals surface area (Å²) in [4.78, 5) is 28.8. The molecule has 2 N–H and O–H groups in total. The van der Waals surface area contributed by atoms with Crippen molar-refractivity contribution in [2.75, 3.05) is 0 Å². The molecule has 5 aliphatic rings. The summed E-state index contributed by atoms with van der Waals surface area (Å²) in [7, 11) is 0. The third-order valence-corrected chi connectivity index (χ3v) is 9.95. The van der Waals surface area contributed by atoms with Gasteiger partial charge in [0.25, 0.3) is 0 Å². The number of rotatable bonds is 9. The van der Waals surface area contributed by atoms with Crippen molar-refractivity contribution in [3.8, 4) is 17.2 Å². The lowest BCUT2D eigenvalue weighted by Gasteiger charge is -2.56. The number of Topliss-reactive ketones (excluding diaryl/α,β-unsaturated/α-hetero) is 2. The zero-order valence-electron chi connectivity index (χ0n) is 27.8. The lowest BCUT2D eigenvalue weighted by molar-refractivity contribution is -0.171. The molecular weight excluding hydrogens is 552 g/mol. The predicted molar refractivity (Wildman–Crippen MR) is 173 cm³/mol. The first-order chi connectivity index (χ1) is 20.6. The van der Waals surface area contributed by atoms with Gasteiger partial charge in [0.15, 0.2) is 22.8 Å². The van der Waals surface area contributed by atoms with Gasteiger partial charge in [-0.15, -0.1) is 0 Å². The number of phenolic OH excluding ortho intramolecular Hbond substituents is 2. The third-order valence-electron chi connectivity index (χ3n) is 9.95. The Morgan fingerprint density at radius 1 is 0.886 bits per heavy atom. The van der Waals surface area contributed by atoms with E-state index in [2.05, 4.69) is 19.9 Å². The molecular formula is C38H48O6. The summed E-state index contributed by atoms with van der Waals surface area (Å²) in [5, 5.41) is 23.5. The summed E-state index contributed by atoms with van der Waals surface area (Å²) >= 11 is 0. The molecule has 2 heterocycles. The summed E-state index contributed by atoms with van der Waals surface area (Å²) in [6.07, 6.45) is 13.1. The smallest absolute Gasteiger partial charge is 0.200 e. The van der Waals surface area contributed by atoms with Gasteiger partial charge in [-0.2, -0.15) is 0 Å². The Kier molecular flexibility index (Phi) is 8.16. The molecule has 2 aliphatic heterocycles. The lowest BCUT2D eigenvalue weighted by Crippen LogP contribution is -2.72. The first-order valence-corrected chi connectivity index (χ1v) is 15.9. The number of benzene rings is 1. The molecule has 4 bridgehead atoms. The average Bonchev–Trinajstić information content (AvgIpc) is 3.08. The third kappa shape index (κ3) is 4.81. The number of carbonyl (C=O) groups is 2. The van der Waals surface area contributed by atoms with Crippen LogP contribution in [0.25, 0.3) is 0 Å². The number of hydrogen-bond acceptors (Lipinski definition) is 6. The van der Waals surface area contributed by atoms with Crippen LogP contribution >= 0.6 is 0 Å². The monoisotopic (exact) mass is 600 g/mol. The molecule has 4 atom stereocenters. The maximum Gasteiger partial charge on any atom is 0.200 e. The van der Waals surface area contributed by atoms with Crippen molar-refractivity contribution in [3.05, 3.63) is 74.9 Å². The SMILES string of the molecule is CC(C)=CCC/C(C)=C/Cc1c(O)c(CC=C(C)C)c2c(c1O)C(=O)C1=C[C@H]3CC4C(C)(C)O[C@](CC=C(C)C)(C3=O)[C@]14O2. The maximum absolute atomic E-state index is 14.7. The van der Waals surface area contributed by atoms with E-state index >= 15 is 0 Å². The van der Waals surface area contributed by atoms with E-state index in [4.69, 9.17) is 9.47 Å². The van der Waals surface area contributed by atoms with Gasteiger partial charge >= 0.3 is 0 Å². The van der Waals surface area contributed by atoms with Crippen LogP contribution < -0.4 is 4.74 Å². The molecule has 236 valence electrons. The van der Waals surface area contributed by atoms with Crippen molar-refractivity contribution >= 4 is 11.6 Å². The van der Waals surface area contributed by atoms with Crippen molar-refractivity contribution in [1.29, 1.82) is 0 Å². The Morgan fingerprint density at radius 3 is 2.16 bits per heavy atom. The largest absolute Gasteiger partial charge is 0.507 e. The quantitative estimate of drug-likeness (QED) is 0.278. The summed E-state index contributed by atoms with van der Waals surface area (Å²) in [5.41, 5.74) is 2.21. The number of allylic oxidation sites excluding steroid dienone is 8. The van der Waals surface area contributed by atoms with E-state index in [1.807, 2.05) is 66.7 Å². The first kappa shape index (κ1) is 32.0. The molecule has 1 aromatic rings. The van der Waals surface area contributed by atoms with E-state index in [-0.39, 0.29) is 53.1 Å². The Morgan fingerprint density at radius 2 is 1.52 bits per heavy atom. The van der Waals surface area contributed by atoms with Crippen LogP contribution in [0.2, 0.25) is 0 Å². The highest BCUT2D eigenvalue weighted by atomic mass is 16.6. The molecule has 1 saturated carbocycles. The zero-order chi connectivity index (χ0) is 32.4. The molecule has 1 unspecified atom stereocenters. The fourth-order valence-electron chi connectivity index (χ4n) is 7.76. The summed E-state index contributed by atoms with van der Waals surface area (Å²) in [6.45, 7) is 18.0. The highest BCUT2D eigenvalue weighted by Gasteiger charge is 2.81. The van der Waals surface area contributed by atoms with Gasteiger partial charge in [0, 0.05) is 35.0 Å². The standard InChI is InChI=1S/C38H48O6/c1-21(2)11-10-12-24(7)14-16-26-31(39)27(15-13-22(3)4)34-30(32(26)40)33(41)28-19-25-20-29-36(8,9)44-37(35(25)42,18-17-23(5)6)38(28,29)43-34/h11,13-14,17,19,25,29,39-40H,10,12,15-16,18,20H2,1-9H3/b24-14+/t25-,29?,37+,38-/m0/s1. The van der Waals surface area contributed by atoms with E-state index < -0.39 is 22.7 Å².